The lowest BCUT2D eigenvalue weighted by atomic mass is 10.1. The Bertz CT molecular complexity index is 1500. The first-order chi connectivity index (χ1) is 19.3. The molecule has 0 aliphatic carbocycles. The SMILES string of the molecule is COc1ccc(CN2CCN(c3ccc(NSc4cc(C)cc5c(N(C)C)cccc45)cc3)CC2)cc1C(=O)O. The molecule has 0 spiro atoms. The first kappa shape index (κ1) is 27.7. The largest absolute Gasteiger partial charge is 0.496 e. The zero-order chi connectivity index (χ0) is 28.2. The quantitative estimate of drug-likeness (QED) is 0.231. The van der Waals surface area contributed by atoms with E-state index in [0.717, 1.165) is 44.0 Å². The molecule has 0 amide bonds. The average molecular weight is 557 g/mol. The highest BCUT2D eigenvalue weighted by molar-refractivity contribution is 8.00. The molecule has 1 aliphatic heterocycles. The van der Waals surface area contributed by atoms with Crippen LogP contribution in [0.4, 0.5) is 17.1 Å². The number of carbonyl (C=O) groups is 1. The van der Waals surface area contributed by atoms with Crippen LogP contribution < -0.4 is 19.3 Å². The van der Waals surface area contributed by atoms with Crippen LogP contribution in [0.1, 0.15) is 21.5 Å². The molecule has 0 aromatic heterocycles. The minimum atomic E-state index is -0.967. The maximum atomic E-state index is 11.6. The van der Waals surface area contributed by atoms with Gasteiger partial charge in [0, 0.05) is 74.2 Å². The van der Waals surface area contributed by atoms with Crippen LogP contribution in [0.25, 0.3) is 10.8 Å². The highest BCUT2D eigenvalue weighted by Gasteiger charge is 2.19. The van der Waals surface area contributed by atoms with Crippen molar-refractivity contribution in [1.29, 1.82) is 0 Å². The van der Waals surface area contributed by atoms with Crippen molar-refractivity contribution >= 4 is 45.8 Å². The van der Waals surface area contributed by atoms with Crippen molar-refractivity contribution in [1.82, 2.24) is 4.90 Å². The van der Waals surface area contributed by atoms with E-state index in [2.05, 4.69) is 95.0 Å². The Morgan fingerprint density at radius 2 is 1.73 bits per heavy atom. The Kier molecular flexibility index (Phi) is 8.38. The van der Waals surface area contributed by atoms with E-state index in [1.807, 2.05) is 6.07 Å². The van der Waals surface area contributed by atoms with Crippen LogP contribution in [0.3, 0.4) is 0 Å². The molecule has 2 N–H and O–H groups in total. The lowest BCUT2D eigenvalue weighted by Gasteiger charge is -2.36. The summed E-state index contributed by atoms with van der Waals surface area (Å²) in [6.07, 6.45) is 0. The standard InChI is InChI=1S/C32H36N4O3S/c1-22-18-27-26(6-5-7-29(27)34(2)3)31(19-22)40-33-24-9-11-25(12-10-24)36-16-14-35(15-17-36)21-23-8-13-30(39-4)28(20-23)32(37)38/h5-13,18-20,33H,14-17,21H2,1-4H3,(H,37,38). The summed E-state index contributed by atoms with van der Waals surface area (Å²) in [5.41, 5.74) is 5.94. The molecule has 5 rings (SSSR count). The van der Waals surface area contributed by atoms with Gasteiger partial charge < -0.3 is 24.4 Å². The van der Waals surface area contributed by atoms with Gasteiger partial charge in [0.2, 0.25) is 0 Å². The van der Waals surface area contributed by atoms with Gasteiger partial charge in [-0.3, -0.25) is 4.90 Å². The summed E-state index contributed by atoms with van der Waals surface area (Å²) >= 11 is 1.65. The van der Waals surface area contributed by atoms with E-state index in [0.29, 0.717) is 5.75 Å². The number of aryl methyl sites for hydroxylation is 1. The second-order valence-electron chi connectivity index (χ2n) is 10.4. The molecule has 7 nitrogen and oxygen atoms in total. The van der Waals surface area contributed by atoms with Crippen molar-refractivity contribution in [3.05, 3.63) is 89.5 Å². The van der Waals surface area contributed by atoms with E-state index in [-0.39, 0.29) is 5.56 Å². The Morgan fingerprint density at radius 3 is 2.40 bits per heavy atom. The van der Waals surface area contributed by atoms with E-state index >= 15 is 0 Å². The number of hydrogen-bond acceptors (Lipinski definition) is 7. The first-order valence-corrected chi connectivity index (χ1v) is 14.2. The summed E-state index contributed by atoms with van der Waals surface area (Å²) in [6.45, 7) is 6.55. The molecule has 1 heterocycles. The van der Waals surface area contributed by atoms with Crippen molar-refractivity contribution in [3.63, 3.8) is 0 Å². The van der Waals surface area contributed by atoms with Gasteiger partial charge >= 0.3 is 5.97 Å². The zero-order valence-electron chi connectivity index (χ0n) is 23.5. The summed E-state index contributed by atoms with van der Waals surface area (Å²) < 4.78 is 8.73. The topological polar surface area (TPSA) is 68.3 Å². The number of ether oxygens (including phenoxy) is 1. The lowest BCUT2D eigenvalue weighted by molar-refractivity contribution is 0.0693. The number of anilines is 3. The zero-order valence-corrected chi connectivity index (χ0v) is 24.3. The van der Waals surface area contributed by atoms with Crippen LogP contribution >= 0.6 is 11.9 Å². The normalized spacial score (nSPS) is 13.8. The minimum absolute atomic E-state index is 0.208. The fraction of sp³-hybridized carbons (Fsp3) is 0.281. The Balaban J connectivity index is 1.18. The number of nitrogens with zero attached hydrogens (tertiary/aromatic N) is 3. The molecule has 208 valence electrons. The minimum Gasteiger partial charge on any atom is -0.496 e. The van der Waals surface area contributed by atoms with Gasteiger partial charge in [0.15, 0.2) is 0 Å². The van der Waals surface area contributed by atoms with Gasteiger partial charge in [-0.2, -0.15) is 0 Å². The van der Waals surface area contributed by atoms with Crippen molar-refractivity contribution in [2.45, 2.75) is 18.4 Å². The molecule has 4 aromatic carbocycles. The Labute approximate surface area is 240 Å². The molecule has 4 aromatic rings. The number of rotatable bonds is 9. The van der Waals surface area contributed by atoms with Gasteiger partial charge in [0.25, 0.3) is 0 Å². The second kappa shape index (κ2) is 12.1. The van der Waals surface area contributed by atoms with E-state index in [1.165, 1.54) is 39.7 Å². The predicted molar refractivity (Wildman–Crippen MR) is 166 cm³/mol. The third-order valence-corrected chi connectivity index (χ3v) is 8.24. The monoisotopic (exact) mass is 556 g/mol. The number of carboxylic acids is 1. The smallest absolute Gasteiger partial charge is 0.339 e. The highest BCUT2D eigenvalue weighted by atomic mass is 32.2. The molecule has 1 saturated heterocycles. The molecular formula is C32H36N4O3S. The number of nitrogens with one attached hydrogen (secondary N) is 1. The molecule has 0 atom stereocenters. The van der Waals surface area contributed by atoms with Gasteiger partial charge in [-0.1, -0.05) is 18.2 Å². The Hall–Kier alpha value is -3.88. The molecule has 0 radical (unpaired) electrons. The van der Waals surface area contributed by atoms with Crippen LogP contribution in [-0.2, 0) is 6.54 Å². The molecule has 8 heteroatoms. The van der Waals surface area contributed by atoms with Gasteiger partial charge in [-0.15, -0.1) is 0 Å². The molecule has 1 aliphatic rings. The van der Waals surface area contributed by atoms with Crippen molar-refractivity contribution in [3.8, 4) is 5.75 Å². The fourth-order valence-corrected chi connectivity index (χ4v) is 6.14. The van der Waals surface area contributed by atoms with E-state index in [4.69, 9.17) is 4.74 Å². The first-order valence-electron chi connectivity index (χ1n) is 13.4. The third-order valence-electron chi connectivity index (χ3n) is 7.35. The molecule has 1 fully saturated rings. The molecule has 0 bridgehead atoms. The van der Waals surface area contributed by atoms with Gasteiger partial charge in [0.05, 0.1) is 7.11 Å². The number of benzene rings is 4. The summed E-state index contributed by atoms with van der Waals surface area (Å²) in [6, 6.07) is 25.0. The molecule has 40 heavy (non-hydrogen) atoms. The number of aromatic carboxylic acids is 1. The van der Waals surface area contributed by atoms with Crippen molar-refractivity contribution in [2.24, 2.45) is 0 Å². The highest BCUT2D eigenvalue weighted by Crippen LogP contribution is 2.35. The predicted octanol–water partition coefficient (Wildman–Crippen LogP) is 6.36. The number of carboxylic acid groups (broad SMARTS) is 1. The van der Waals surface area contributed by atoms with E-state index in [1.54, 1.807) is 24.1 Å². The molecule has 0 saturated carbocycles. The van der Waals surface area contributed by atoms with E-state index < -0.39 is 5.97 Å². The number of fused-ring (bicyclic) bond motifs is 1. The number of hydrogen-bond donors (Lipinski definition) is 2. The van der Waals surface area contributed by atoms with Gasteiger partial charge in [-0.25, -0.2) is 4.79 Å². The maximum Gasteiger partial charge on any atom is 0.339 e. The van der Waals surface area contributed by atoms with Crippen LogP contribution in [0.15, 0.2) is 77.7 Å². The van der Waals surface area contributed by atoms with E-state index in [9.17, 15) is 9.90 Å². The lowest BCUT2D eigenvalue weighted by Crippen LogP contribution is -2.45. The third kappa shape index (κ3) is 6.13. The second-order valence-corrected chi connectivity index (χ2v) is 11.2. The van der Waals surface area contributed by atoms with Crippen LogP contribution in [0, 0.1) is 6.92 Å². The van der Waals surface area contributed by atoms with Crippen molar-refractivity contribution < 1.29 is 14.6 Å². The van der Waals surface area contributed by atoms with Crippen molar-refractivity contribution in [2.75, 3.05) is 61.9 Å². The van der Waals surface area contributed by atoms with Crippen LogP contribution in [0.2, 0.25) is 0 Å². The number of methoxy groups -OCH3 is 1. The van der Waals surface area contributed by atoms with Crippen LogP contribution in [-0.4, -0.2) is 63.4 Å². The maximum absolute atomic E-state index is 11.6. The number of piperazine rings is 1. The van der Waals surface area contributed by atoms with Gasteiger partial charge in [0.1, 0.15) is 11.3 Å². The molecule has 0 unspecified atom stereocenters. The molecular weight excluding hydrogens is 520 g/mol. The fourth-order valence-electron chi connectivity index (χ4n) is 5.25. The Morgan fingerprint density at radius 1 is 0.975 bits per heavy atom. The summed E-state index contributed by atoms with van der Waals surface area (Å²) in [7, 11) is 5.66. The summed E-state index contributed by atoms with van der Waals surface area (Å²) in [4.78, 5) is 19.7. The van der Waals surface area contributed by atoms with Crippen LogP contribution in [0.5, 0.6) is 5.75 Å². The summed E-state index contributed by atoms with van der Waals surface area (Å²) in [5.74, 6) is -0.575. The van der Waals surface area contributed by atoms with Gasteiger partial charge in [-0.05, 0) is 90.0 Å². The summed E-state index contributed by atoms with van der Waals surface area (Å²) in [5, 5.41) is 12.0. The average Bonchev–Trinajstić information content (AvgIpc) is 2.96.